The number of carbonyl (C=O) groups excluding carboxylic acids is 2. The Kier molecular flexibility index (Phi) is 6.96. The highest BCUT2D eigenvalue weighted by Crippen LogP contribution is 2.30. The first-order chi connectivity index (χ1) is 14.6. The number of piperidine rings is 1. The number of sulfonamides is 1. The van der Waals surface area contributed by atoms with Gasteiger partial charge in [0.05, 0.1) is 4.90 Å². The highest BCUT2D eigenvalue weighted by molar-refractivity contribution is 7.89. The molecule has 3 rings (SSSR count). The molecular weight excluding hydrogens is 412 g/mol. The van der Waals surface area contributed by atoms with Crippen molar-refractivity contribution in [2.24, 2.45) is 5.92 Å². The standard InChI is InChI=1S/C24H30N2O4S/c1-16(2)22-10-5-7-17(3)23(22)25-24(28)19-11-13-26(14-12-19)31(29,30)21-9-6-8-20(15-21)18(4)27/h5-10,15-16,19H,11-14H2,1-4H3,(H,25,28). The van der Waals surface area contributed by atoms with E-state index in [1.807, 2.05) is 25.1 Å². The number of anilines is 1. The van der Waals surface area contributed by atoms with Gasteiger partial charge in [0.2, 0.25) is 15.9 Å². The number of hydrogen-bond donors (Lipinski definition) is 1. The molecule has 0 aliphatic carbocycles. The van der Waals surface area contributed by atoms with Gasteiger partial charge in [-0.1, -0.05) is 44.2 Å². The van der Waals surface area contributed by atoms with Gasteiger partial charge < -0.3 is 5.32 Å². The van der Waals surface area contributed by atoms with Gasteiger partial charge in [0.15, 0.2) is 5.78 Å². The number of para-hydroxylation sites is 1. The molecule has 7 heteroatoms. The van der Waals surface area contributed by atoms with E-state index in [0.29, 0.717) is 18.4 Å². The van der Waals surface area contributed by atoms with Gasteiger partial charge in [-0.25, -0.2) is 8.42 Å². The lowest BCUT2D eigenvalue weighted by molar-refractivity contribution is -0.120. The summed E-state index contributed by atoms with van der Waals surface area (Å²) in [5.41, 5.74) is 3.34. The molecule has 1 fully saturated rings. The number of rotatable bonds is 6. The number of ketones is 1. The lowest BCUT2D eigenvalue weighted by Crippen LogP contribution is -2.41. The molecule has 1 amide bonds. The molecule has 1 heterocycles. The van der Waals surface area contributed by atoms with Crippen molar-refractivity contribution in [2.75, 3.05) is 18.4 Å². The predicted molar refractivity (Wildman–Crippen MR) is 122 cm³/mol. The Morgan fingerprint density at radius 1 is 1.06 bits per heavy atom. The molecule has 0 unspecified atom stereocenters. The fraction of sp³-hybridized carbons (Fsp3) is 0.417. The predicted octanol–water partition coefficient (Wildman–Crippen LogP) is 4.36. The van der Waals surface area contributed by atoms with Crippen LogP contribution in [0.4, 0.5) is 5.69 Å². The Balaban J connectivity index is 1.69. The van der Waals surface area contributed by atoms with Crippen LogP contribution < -0.4 is 5.32 Å². The van der Waals surface area contributed by atoms with E-state index in [4.69, 9.17) is 0 Å². The van der Waals surface area contributed by atoms with Crippen LogP contribution in [0.25, 0.3) is 0 Å². The minimum absolute atomic E-state index is 0.0631. The smallest absolute Gasteiger partial charge is 0.243 e. The summed E-state index contributed by atoms with van der Waals surface area (Å²) in [6.07, 6.45) is 0.917. The van der Waals surface area contributed by atoms with E-state index in [0.717, 1.165) is 16.8 Å². The normalized spacial score (nSPS) is 15.8. The van der Waals surface area contributed by atoms with Crippen molar-refractivity contribution in [3.63, 3.8) is 0 Å². The zero-order valence-electron chi connectivity index (χ0n) is 18.5. The SMILES string of the molecule is CC(=O)c1cccc(S(=O)(=O)N2CCC(C(=O)Nc3c(C)cccc3C(C)C)CC2)c1. The summed E-state index contributed by atoms with van der Waals surface area (Å²) >= 11 is 0. The quantitative estimate of drug-likeness (QED) is 0.674. The van der Waals surface area contributed by atoms with Crippen molar-refractivity contribution in [1.29, 1.82) is 0 Å². The van der Waals surface area contributed by atoms with Crippen LogP contribution in [-0.4, -0.2) is 37.5 Å². The fourth-order valence-electron chi connectivity index (χ4n) is 3.95. The van der Waals surface area contributed by atoms with Crippen LogP contribution in [0.3, 0.4) is 0 Å². The van der Waals surface area contributed by atoms with Crippen LogP contribution in [0.15, 0.2) is 47.4 Å². The second-order valence-electron chi connectivity index (χ2n) is 8.45. The number of carbonyl (C=O) groups is 2. The van der Waals surface area contributed by atoms with Gasteiger partial charge in [0.1, 0.15) is 0 Å². The zero-order chi connectivity index (χ0) is 22.8. The summed E-state index contributed by atoms with van der Waals surface area (Å²) in [6.45, 7) is 8.12. The van der Waals surface area contributed by atoms with E-state index in [2.05, 4.69) is 19.2 Å². The number of amides is 1. The maximum Gasteiger partial charge on any atom is 0.243 e. The van der Waals surface area contributed by atoms with Gasteiger partial charge in [0, 0.05) is 30.3 Å². The number of nitrogens with zero attached hydrogens (tertiary/aromatic N) is 1. The Morgan fingerprint density at radius 3 is 2.32 bits per heavy atom. The Morgan fingerprint density at radius 2 is 1.71 bits per heavy atom. The van der Waals surface area contributed by atoms with Crippen molar-refractivity contribution >= 4 is 27.4 Å². The minimum Gasteiger partial charge on any atom is -0.325 e. The van der Waals surface area contributed by atoms with Crippen molar-refractivity contribution in [2.45, 2.75) is 51.3 Å². The van der Waals surface area contributed by atoms with Crippen LogP contribution >= 0.6 is 0 Å². The molecule has 0 atom stereocenters. The average molecular weight is 443 g/mol. The summed E-state index contributed by atoms with van der Waals surface area (Å²) < 4.78 is 27.4. The third-order valence-corrected chi connectivity index (χ3v) is 7.77. The summed E-state index contributed by atoms with van der Waals surface area (Å²) in [7, 11) is -3.70. The van der Waals surface area contributed by atoms with Gasteiger partial charge in [-0.15, -0.1) is 0 Å². The van der Waals surface area contributed by atoms with Crippen LogP contribution in [0.5, 0.6) is 0 Å². The van der Waals surface area contributed by atoms with E-state index >= 15 is 0 Å². The van der Waals surface area contributed by atoms with Crippen LogP contribution in [0.2, 0.25) is 0 Å². The molecule has 0 aromatic heterocycles. The topological polar surface area (TPSA) is 83.6 Å². The summed E-state index contributed by atoms with van der Waals surface area (Å²) in [6, 6.07) is 12.1. The number of nitrogens with one attached hydrogen (secondary N) is 1. The highest BCUT2D eigenvalue weighted by atomic mass is 32.2. The third-order valence-electron chi connectivity index (χ3n) is 5.88. The van der Waals surface area contributed by atoms with Crippen molar-refractivity contribution < 1.29 is 18.0 Å². The van der Waals surface area contributed by atoms with E-state index in [-0.39, 0.29) is 41.5 Å². The maximum absolute atomic E-state index is 13.0. The van der Waals surface area contributed by atoms with Crippen molar-refractivity contribution in [3.8, 4) is 0 Å². The van der Waals surface area contributed by atoms with E-state index in [1.54, 1.807) is 12.1 Å². The lowest BCUT2D eigenvalue weighted by atomic mass is 9.95. The molecule has 1 aliphatic heterocycles. The first kappa shape index (κ1) is 23.2. The third kappa shape index (κ3) is 5.05. The van der Waals surface area contributed by atoms with Crippen LogP contribution in [-0.2, 0) is 14.8 Å². The average Bonchev–Trinajstić information content (AvgIpc) is 2.75. The van der Waals surface area contributed by atoms with Crippen molar-refractivity contribution in [1.82, 2.24) is 4.31 Å². The highest BCUT2D eigenvalue weighted by Gasteiger charge is 2.32. The molecule has 0 saturated carbocycles. The molecule has 0 radical (unpaired) electrons. The molecule has 6 nitrogen and oxygen atoms in total. The van der Waals surface area contributed by atoms with E-state index < -0.39 is 10.0 Å². The molecule has 1 N–H and O–H groups in total. The van der Waals surface area contributed by atoms with Crippen molar-refractivity contribution in [3.05, 3.63) is 59.2 Å². The summed E-state index contributed by atoms with van der Waals surface area (Å²) in [5, 5.41) is 3.09. The lowest BCUT2D eigenvalue weighted by Gasteiger charge is -2.31. The van der Waals surface area contributed by atoms with Gasteiger partial charge in [-0.05, 0) is 55.9 Å². The Bertz CT molecular complexity index is 1080. The molecule has 0 spiro atoms. The first-order valence-electron chi connectivity index (χ1n) is 10.6. The second kappa shape index (κ2) is 9.32. The number of benzene rings is 2. The molecular formula is C24H30N2O4S. The van der Waals surface area contributed by atoms with Crippen LogP contribution in [0.1, 0.15) is 61.0 Å². The number of Topliss-reactive ketones (excluding diaryl/α,β-unsaturated/α-hetero) is 1. The number of aryl methyl sites for hydroxylation is 1. The summed E-state index contributed by atoms with van der Waals surface area (Å²) in [4.78, 5) is 24.6. The number of hydrogen-bond acceptors (Lipinski definition) is 4. The maximum atomic E-state index is 13.0. The molecule has 166 valence electrons. The van der Waals surface area contributed by atoms with E-state index in [9.17, 15) is 18.0 Å². The molecule has 0 bridgehead atoms. The largest absolute Gasteiger partial charge is 0.325 e. The molecule has 2 aromatic rings. The Hall–Kier alpha value is -2.51. The minimum atomic E-state index is -3.70. The van der Waals surface area contributed by atoms with Gasteiger partial charge in [0.25, 0.3) is 0 Å². The second-order valence-corrected chi connectivity index (χ2v) is 10.4. The fourth-order valence-corrected chi connectivity index (χ4v) is 5.47. The van der Waals surface area contributed by atoms with Gasteiger partial charge >= 0.3 is 0 Å². The first-order valence-corrected chi connectivity index (χ1v) is 12.1. The zero-order valence-corrected chi connectivity index (χ0v) is 19.3. The van der Waals surface area contributed by atoms with Gasteiger partial charge in [-0.3, -0.25) is 9.59 Å². The molecule has 1 aliphatic rings. The molecule has 1 saturated heterocycles. The molecule has 2 aromatic carbocycles. The molecule has 31 heavy (non-hydrogen) atoms. The summed E-state index contributed by atoms with van der Waals surface area (Å²) in [5.74, 6) is -0.196. The van der Waals surface area contributed by atoms with Crippen LogP contribution in [0, 0.1) is 12.8 Å². The Labute approximate surface area is 184 Å². The monoisotopic (exact) mass is 442 g/mol. The van der Waals surface area contributed by atoms with Gasteiger partial charge in [-0.2, -0.15) is 4.31 Å². The van der Waals surface area contributed by atoms with E-state index in [1.165, 1.54) is 23.4 Å².